The topological polar surface area (TPSA) is 56.3 Å². The van der Waals surface area contributed by atoms with Crippen molar-refractivity contribution in [2.45, 2.75) is 206 Å². The van der Waals surface area contributed by atoms with Gasteiger partial charge in [0, 0.05) is 20.2 Å². The summed E-state index contributed by atoms with van der Waals surface area (Å²) in [6, 6.07) is 13.2. The molecule has 4 aromatic rings. The largest absolute Gasteiger partial charge is 0.536 e. The maximum absolute atomic E-state index is 9.82. The van der Waals surface area contributed by atoms with Crippen molar-refractivity contribution >= 4 is 65.0 Å². The molecule has 2 aromatic heterocycles. The number of nitriles is 2. The smallest absolute Gasteiger partial charge is 0.192 e. The highest BCUT2D eigenvalue weighted by Gasteiger charge is 2.18. The average molecular weight is 815 g/mol. The van der Waals surface area contributed by atoms with Gasteiger partial charge in [-0.3, -0.25) is 0 Å². The lowest BCUT2D eigenvalue weighted by molar-refractivity contribution is 0.535. The monoisotopic (exact) mass is 815 g/mol. The molecule has 0 radical (unpaired) electrons. The number of unbranched alkanes of at least 4 members (excludes halogenated alkanes) is 26. The molecule has 58 heavy (non-hydrogen) atoms. The lowest BCUT2D eigenvalue weighted by Crippen LogP contribution is -1.95. The molecule has 4 nitrogen and oxygen atoms in total. The van der Waals surface area contributed by atoms with Crippen LogP contribution in [0.15, 0.2) is 24.3 Å². The van der Waals surface area contributed by atoms with Crippen molar-refractivity contribution in [1.29, 1.82) is 10.5 Å². The van der Waals surface area contributed by atoms with Gasteiger partial charge in [0.25, 0.3) is 0 Å². The molecule has 4 rings (SSSR count). The van der Waals surface area contributed by atoms with Crippen molar-refractivity contribution in [1.82, 2.24) is 0 Å². The van der Waals surface area contributed by atoms with Crippen molar-refractivity contribution < 1.29 is 0 Å². The van der Waals surface area contributed by atoms with Crippen LogP contribution in [-0.4, -0.2) is 0 Å². The van der Waals surface area contributed by atoms with Crippen LogP contribution < -0.4 is 9.06 Å². The summed E-state index contributed by atoms with van der Waals surface area (Å²) in [5.41, 5.74) is 2.72. The third-order valence-electron chi connectivity index (χ3n) is 12.1. The van der Waals surface area contributed by atoms with E-state index in [1.165, 1.54) is 200 Å². The zero-order valence-electron chi connectivity index (χ0n) is 36.1. The molecular weight excluding hydrogens is 745 g/mol. The van der Waals surface area contributed by atoms with Gasteiger partial charge in [-0.2, -0.15) is 20.2 Å². The molecular formula is C52H70N4S2. The molecule has 0 spiro atoms. The second-order valence-corrected chi connectivity index (χ2v) is 18.8. The minimum absolute atomic E-state index is 0.140. The van der Waals surface area contributed by atoms with Crippen LogP contribution in [0.5, 0.6) is 0 Å². The first-order valence-corrected chi connectivity index (χ1v) is 25.0. The zero-order valence-corrected chi connectivity index (χ0v) is 37.8. The Bertz CT molecular complexity index is 1960. The van der Waals surface area contributed by atoms with Crippen molar-refractivity contribution in [3.8, 4) is 12.1 Å². The number of hydrogen-bond acceptors (Lipinski definition) is 4. The van der Waals surface area contributed by atoms with E-state index in [0.29, 0.717) is 0 Å². The third-order valence-corrected chi connectivity index (χ3v) is 14.4. The van der Waals surface area contributed by atoms with E-state index in [2.05, 4.69) is 59.9 Å². The summed E-state index contributed by atoms with van der Waals surface area (Å²) >= 11 is 3.15. The highest BCUT2D eigenvalue weighted by Crippen LogP contribution is 2.39. The molecule has 0 atom stereocenters. The van der Waals surface area contributed by atoms with Crippen LogP contribution in [0, 0.1) is 35.8 Å². The summed E-state index contributed by atoms with van der Waals surface area (Å²) in [6.07, 6.45) is 39.2. The highest BCUT2D eigenvalue weighted by atomic mass is 32.1. The van der Waals surface area contributed by atoms with E-state index in [9.17, 15) is 10.5 Å². The molecule has 0 saturated carbocycles. The van der Waals surface area contributed by atoms with Gasteiger partial charge in [0.1, 0.15) is 35.4 Å². The molecule has 2 aromatic carbocycles. The average Bonchev–Trinajstić information content (AvgIpc) is 3.89. The molecule has 0 bridgehead atoms. The van der Waals surface area contributed by atoms with Gasteiger partial charge < -0.3 is 0 Å². The molecule has 0 unspecified atom stereocenters. The van der Waals surface area contributed by atoms with Gasteiger partial charge in [0.05, 0.1) is 4.53 Å². The van der Waals surface area contributed by atoms with Crippen LogP contribution in [-0.2, 0) is 12.8 Å². The SMILES string of the molecule is [C-]#[N+]C([N+]#[C-])=c1cc2c(CCCCCCCCCCCCCCCC)cc3c(cc(CCCCCCCCCCCCCCCC)c4cc(=C(C#N)C#N)sc43)c2s1. The van der Waals surface area contributed by atoms with Crippen molar-refractivity contribution in [2.24, 2.45) is 0 Å². The number of fused-ring (bicyclic) bond motifs is 5. The Kier molecular flexibility index (Phi) is 22.6. The van der Waals surface area contributed by atoms with E-state index in [-0.39, 0.29) is 11.4 Å². The lowest BCUT2D eigenvalue weighted by atomic mass is 9.94. The van der Waals surface area contributed by atoms with E-state index in [1.54, 1.807) is 22.7 Å². The van der Waals surface area contributed by atoms with Crippen molar-refractivity contribution in [3.63, 3.8) is 0 Å². The molecule has 0 aliphatic rings. The van der Waals surface area contributed by atoms with Crippen molar-refractivity contribution in [3.05, 3.63) is 67.3 Å². The molecule has 310 valence electrons. The highest BCUT2D eigenvalue weighted by molar-refractivity contribution is 7.19. The molecule has 0 aliphatic heterocycles. The van der Waals surface area contributed by atoms with Gasteiger partial charge in [-0.1, -0.05) is 181 Å². The fourth-order valence-corrected chi connectivity index (χ4v) is 11.0. The van der Waals surface area contributed by atoms with Crippen LogP contribution in [0.3, 0.4) is 0 Å². The number of aryl methyl sites for hydroxylation is 2. The Labute approximate surface area is 359 Å². The second kappa shape index (κ2) is 27.9. The molecule has 2 heterocycles. The maximum Gasteiger partial charge on any atom is 0.536 e. The minimum Gasteiger partial charge on any atom is -0.192 e. The van der Waals surface area contributed by atoms with Gasteiger partial charge in [0.2, 0.25) is 0 Å². The van der Waals surface area contributed by atoms with E-state index in [4.69, 9.17) is 13.1 Å². The summed E-state index contributed by atoms with van der Waals surface area (Å²) in [5.74, 6) is 0.140. The Morgan fingerprint density at radius 1 is 0.448 bits per heavy atom. The van der Waals surface area contributed by atoms with Crippen LogP contribution in [0.1, 0.15) is 205 Å². The van der Waals surface area contributed by atoms with Crippen LogP contribution >= 0.6 is 22.7 Å². The first kappa shape index (κ1) is 47.0. The number of benzene rings is 2. The summed E-state index contributed by atoms with van der Waals surface area (Å²) in [5, 5.41) is 24.3. The van der Waals surface area contributed by atoms with Gasteiger partial charge >= 0.3 is 5.82 Å². The van der Waals surface area contributed by atoms with Gasteiger partial charge in [-0.15, -0.1) is 22.7 Å². The fraction of sp³-hybridized carbons (Fsp3) is 0.615. The molecule has 0 saturated heterocycles. The molecule has 0 amide bonds. The Morgan fingerprint density at radius 3 is 1.09 bits per heavy atom. The predicted molar refractivity (Wildman–Crippen MR) is 253 cm³/mol. The number of nitrogens with zero attached hydrogens (tertiary/aromatic N) is 4. The summed E-state index contributed by atoms with van der Waals surface area (Å²) in [7, 11) is 0. The van der Waals surface area contributed by atoms with Gasteiger partial charge in [-0.25, -0.2) is 0 Å². The zero-order chi connectivity index (χ0) is 41.2. The summed E-state index contributed by atoms with van der Waals surface area (Å²) < 4.78 is 3.79. The van der Waals surface area contributed by atoms with Crippen molar-refractivity contribution in [2.75, 3.05) is 0 Å². The van der Waals surface area contributed by atoms with Crippen LogP contribution in [0.4, 0.5) is 0 Å². The number of thiophene rings is 2. The van der Waals surface area contributed by atoms with E-state index in [1.807, 2.05) is 0 Å². The quantitative estimate of drug-likeness (QED) is 0.0389. The second-order valence-electron chi connectivity index (χ2n) is 16.7. The molecule has 6 heteroatoms. The Balaban J connectivity index is 1.44. The molecule has 0 aliphatic carbocycles. The fourth-order valence-electron chi connectivity index (χ4n) is 8.63. The molecule has 0 fully saturated rings. The maximum atomic E-state index is 9.82. The normalized spacial score (nSPS) is 11.2. The standard InChI is InChI=1S/C52H70N4S2/c1-5-7-9-11-13-15-17-19-21-23-25-27-29-31-33-41-35-47-46(50-44(41)37-48(57-50)43(39-53)40-54)36-42(45-38-49(58-51(45)47)52(55-3)56-4)34-32-30-28-26-24-22-20-18-16-14-12-10-8-6-2/h35-38H,5-34H2,1-2H3. The first-order valence-electron chi connectivity index (χ1n) is 23.3. The molecule has 0 N–H and O–H groups in total. The third kappa shape index (κ3) is 14.9. The Morgan fingerprint density at radius 2 is 0.759 bits per heavy atom. The minimum atomic E-state index is 0.140. The van der Waals surface area contributed by atoms with Gasteiger partial charge in [-0.05, 0) is 71.8 Å². The Hall–Kier alpha value is -3.68. The van der Waals surface area contributed by atoms with E-state index < -0.39 is 0 Å². The van der Waals surface area contributed by atoms with E-state index in [0.717, 1.165) is 44.1 Å². The summed E-state index contributed by atoms with van der Waals surface area (Å²) in [4.78, 5) is 7.19. The first-order chi connectivity index (χ1) is 28.6. The van der Waals surface area contributed by atoms with Crippen LogP contribution in [0.2, 0.25) is 0 Å². The number of hydrogen-bond donors (Lipinski definition) is 0. The van der Waals surface area contributed by atoms with Crippen LogP contribution in [0.25, 0.3) is 52.0 Å². The summed E-state index contributed by atoms with van der Waals surface area (Å²) in [6.45, 7) is 20.0. The van der Waals surface area contributed by atoms with E-state index >= 15 is 0 Å². The predicted octanol–water partition coefficient (Wildman–Crippen LogP) is 16.4. The van der Waals surface area contributed by atoms with Gasteiger partial charge in [0.15, 0.2) is 0 Å². The lowest BCUT2D eigenvalue weighted by Gasteiger charge is -2.12. The number of rotatable bonds is 30.